The van der Waals surface area contributed by atoms with Gasteiger partial charge in [0.2, 0.25) is 0 Å². The summed E-state index contributed by atoms with van der Waals surface area (Å²) in [5, 5.41) is 2.69. The summed E-state index contributed by atoms with van der Waals surface area (Å²) in [7, 11) is 0. The second-order valence-corrected chi connectivity index (χ2v) is 6.74. The van der Waals surface area contributed by atoms with Gasteiger partial charge in [-0.3, -0.25) is 0 Å². The van der Waals surface area contributed by atoms with Crippen LogP contribution in [0.4, 0.5) is 0 Å². The van der Waals surface area contributed by atoms with Gasteiger partial charge in [-0.2, -0.15) is 0 Å². The molecule has 0 aliphatic heterocycles. The number of thiophene rings is 1. The van der Waals surface area contributed by atoms with Crippen molar-refractivity contribution in [3.8, 4) is 23.0 Å². The van der Waals surface area contributed by atoms with E-state index in [-0.39, 0.29) is 0 Å². The molecule has 0 fully saturated rings. The summed E-state index contributed by atoms with van der Waals surface area (Å²) in [6, 6.07) is 21.6. The zero-order valence-corrected chi connectivity index (χ0v) is 14.0. The lowest BCUT2D eigenvalue weighted by atomic mass is 9.96. The predicted molar refractivity (Wildman–Crippen MR) is 102 cm³/mol. The SMILES string of the molecule is CC#Cc1ccccc1-c1cc(C)c2sc3ccccc3c2c1. The molecule has 110 valence electrons. The molecule has 0 unspecified atom stereocenters. The normalized spacial score (nSPS) is 10.7. The molecule has 0 amide bonds. The van der Waals surface area contributed by atoms with Crippen LogP contribution in [0.1, 0.15) is 18.1 Å². The highest BCUT2D eigenvalue weighted by Crippen LogP contribution is 2.38. The van der Waals surface area contributed by atoms with Gasteiger partial charge in [0.1, 0.15) is 0 Å². The summed E-state index contributed by atoms with van der Waals surface area (Å²) in [6.07, 6.45) is 0. The van der Waals surface area contributed by atoms with Gasteiger partial charge in [-0.05, 0) is 54.8 Å². The minimum absolute atomic E-state index is 1.09. The van der Waals surface area contributed by atoms with Crippen LogP contribution in [0.5, 0.6) is 0 Å². The molecule has 0 saturated carbocycles. The maximum atomic E-state index is 3.23. The van der Waals surface area contributed by atoms with Crippen LogP contribution in [0.3, 0.4) is 0 Å². The molecule has 0 aliphatic carbocycles. The van der Waals surface area contributed by atoms with Crippen molar-refractivity contribution >= 4 is 31.5 Å². The lowest BCUT2D eigenvalue weighted by molar-refractivity contribution is 1.53. The summed E-state index contributed by atoms with van der Waals surface area (Å²) in [5.74, 6) is 6.25. The second kappa shape index (κ2) is 5.57. The number of fused-ring (bicyclic) bond motifs is 3. The van der Waals surface area contributed by atoms with E-state index in [0.29, 0.717) is 0 Å². The third-order valence-electron chi connectivity index (χ3n) is 4.16. The van der Waals surface area contributed by atoms with Gasteiger partial charge in [-0.15, -0.1) is 17.3 Å². The van der Waals surface area contributed by atoms with Gasteiger partial charge in [0, 0.05) is 25.7 Å². The van der Waals surface area contributed by atoms with Gasteiger partial charge >= 0.3 is 0 Å². The number of hydrogen-bond donors (Lipinski definition) is 0. The summed E-state index contributed by atoms with van der Waals surface area (Å²) < 4.78 is 2.73. The molecule has 4 aromatic rings. The first-order valence-corrected chi connectivity index (χ1v) is 8.53. The largest absolute Gasteiger partial charge is 0.135 e. The van der Waals surface area contributed by atoms with Crippen LogP contribution in [0.15, 0.2) is 60.7 Å². The molecular formula is C22H16S. The van der Waals surface area contributed by atoms with Crippen LogP contribution in [0.2, 0.25) is 0 Å². The van der Waals surface area contributed by atoms with Crippen molar-refractivity contribution in [2.45, 2.75) is 13.8 Å². The van der Waals surface area contributed by atoms with Crippen LogP contribution >= 0.6 is 11.3 Å². The van der Waals surface area contributed by atoms with Crippen molar-refractivity contribution in [2.24, 2.45) is 0 Å². The van der Waals surface area contributed by atoms with Gasteiger partial charge in [-0.1, -0.05) is 42.3 Å². The average Bonchev–Trinajstić information content (AvgIpc) is 2.95. The van der Waals surface area contributed by atoms with E-state index >= 15 is 0 Å². The minimum atomic E-state index is 1.09. The maximum absolute atomic E-state index is 3.23. The lowest BCUT2D eigenvalue weighted by Crippen LogP contribution is -1.85. The molecule has 3 aromatic carbocycles. The van der Waals surface area contributed by atoms with E-state index in [2.05, 4.69) is 79.4 Å². The highest BCUT2D eigenvalue weighted by molar-refractivity contribution is 7.26. The van der Waals surface area contributed by atoms with Crippen molar-refractivity contribution in [3.63, 3.8) is 0 Å². The molecular weight excluding hydrogens is 296 g/mol. The van der Waals surface area contributed by atoms with Crippen molar-refractivity contribution in [1.29, 1.82) is 0 Å². The second-order valence-electron chi connectivity index (χ2n) is 5.69. The number of hydrogen-bond acceptors (Lipinski definition) is 1. The summed E-state index contributed by atoms with van der Waals surface area (Å²) in [5.41, 5.74) is 4.88. The molecule has 1 heterocycles. The van der Waals surface area contributed by atoms with Gasteiger partial charge in [0.25, 0.3) is 0 Å². The Balaban J connectivity index is 2.05. The molecule has 0 saturated heterocycles. The summed E-state index contributed by atoms with van der Waals surface area (Å²) >= 11 is 1.88. The molecule has 0 bridgehead atoms. The molecule has 1 heteroatoms. The van der Waals surface area contributed by atoms with Crippen LogP contribution in [0, 0.1) is 18.8 Å². The topological polar surface area (TPSA) is 0 Å². The van der Waals surface area contributed by atoms with Crippen molar-refractivity contribution < 1.29 is 0 Å². The van der Waals surface area contributed by atoms with Crippen molar-refractivity contribution in [1.82, 2.24) is 0 Å². The van der Waals surface area contributed by atoms with Crippen molar-refractivity contribution in [2.75, 3.05) is 0 Å². The van der Waals surface area contributed by atoms with E-state index in [1.807, 2.05) is 18.3 Å². The van der Waals surface area contributed by atoms with Crippen LogP contribution in [0.25, 0.3) is 31.3 Å². The first-order valence-electron chi connectivity index (χ1n) is 7.72. The van der Waals surface area contributed by atoms with E-state index in [4.69, 9.17) is 0 Å². The highest BCUT2D eigenvalue weighted by Gasteiger charge is 2.10. The smallest absolute Gasteiger partial charge is 0.0385 e. The summed E-state index contributed by atoms with van der Waals surface area (Å²) in [6.45, 7) is 4.09. The fourth-order valence-corrected chi connectivity index (χ4v) is 4.28. The van der Waals surface area contributed by atoms with Gasteiger partial charge in [-0.25, -0.2) is 0 Å². The maximum Gasteiger partial charge on any atom is 0.0385 e. The van der Waals surface area contributed by atoms with E-state index in [1.165, 1.54) is 36.9 Å². The van der Waals surface area contributed by atoms with E-state index in [9.17, 15) is 0 Å². The van der Waals surface area contributed by atoms with Gasteiger partial charge in [0.15, 0.2) is 0 Å². The Kier molecular flexibility index (Phi) is 3.41. The fourth-order valence-electron chi connectivity index (χ4n) is 3.13. The fraction of sp³-hybridized carbons (Fsp3) is 0.0909. The molecule has 0 spiro atoms. The van der Waals surface area contributed by atoms with Crippen LogP contribution < -0.4 is 0 Å². The van der Waals surface area contributed by atoms with Crippen LogP contribution in [-0.4, -0.2) is 0 Å². The Morgan fingerprint density at radius 3 is 2.52 bits per heavy atom. The van der Waals surface area contributed by atoms with E-state index in [0.717, 1.165) is 5.56 Å². The standard InChI is InChI=1S/C22H16S/c1-3-8-16-9-4-5-10-18(16)17-13-15(2)22-20(14-17)19-11-6-7-12-21(19)23-22/h4-7,9-14H,1-2H3. The van der Waals surface area contributed by atoms with E-state index in [1.54, 1.807) is 0 Å². The predicted octanol–water partition coefficient (Wildman–Crippen LogP) is 6.40. The minimum Gasteiger partial charge on any atom is -0.135 e. The first-order chi connectivity index (χ1) is 11.3. The monoisotopic (exact) mass is 312 g/mol. The van der Waals surface area contributed by atoms with Gasteiger partial charge in [0.05, 0.1) is 0 Å². The summed E-state index contributed by atoms with van der Waals surface area (Å²) in [4.78, 5) is 0. The lowest BCUT2D eigenvalue weighted by Gasteiger charge is -2.07. The number of aryl methyl sites for hydroxylation is 1. The number of benzene rings is 3. The molecule has 1 aromatic heterocycles. The Morgan fingerprint density at radius 1 is 0.870 bits per heavy atom. The Bertz CT molecular complexity index is 1090. The number of rotatable bonds is 1. The Hall–Kier alpha value is -2.56. The van der Waals surface area contributed by atoms with Gasteiger partial charge < -0.3 is 0 Å². The first kappa shape index (κ1) is 14.1. The van der Waals surface area contributed by atoms with Crippen LogP contribution in [-0.2, 0) is 0 Å². The zero-order valence-electron chi connectivity index (χ0n) is 13.2. The molecule has 0 atom stereocenters. The molecule has 23 heavy (non-hydrogen) atoms. The third-order valence-corrected chi connectivity index (χ3v) is 5.48. The van der Waals surface area contributed by atoms with E-state index < -0.39 is 0 Å². The van der Waals surface area contributed by atoms with Crippen molar-refractivity contribution in [3.05, 3.63) is 71.8 Å². The molecule has 0 aliphatic rings. The Morgan fingerprint density at radius 2 is 1.65 bits per heavy atom. The molecule has 0 nitrogen and oxygen atoms in total. The highest BCUT2D eigenvalue weighted by atomic mass is 32.1. The quantitative estimate of drug-likeness (QED) is 0.357. The molecule has 4 rings (SSSR count). The Labute approximate surface area is 140 Å². The molecule has 0 radical (unpaired) electrons. The molecule has 0 N–H and O–H groups in total. The third kappa shape index (κ3) is 2.32. The zero-order chi connectivity index (χ0) is 15.8. The average molecular weight is 312 g/mol.